The first-order valence-corrected chi connectivity index (χ1v) is 3.05. The number of ether oxygens (including phenoxy) is 1. The average molecular weight is 172 g/mol. The summed E-state index contributed by atoms with van der Waals surface area (Å²) < 4.78 is 42.1. The fourth-order valence-corrected chi connectivity index (χ4v) is 0.805. The maximum absolute atomic E-state index is 12.7. The molecule has 0 saturated heterocycles. The quantitative estimate of drug-likeness (QED) is 0.451. The summed E-state index contributed by atoms with van der Waals surface area (Å²) in [5.41, 5.74) is -0.657. The highest BCUT2D eigenvalue weighted by molar-refractivity contribution is 6.34. The normalized spacial score (nSPS) is 10.0. The summed E-state index contributed by atoms with van der Waals surface area (Å²) in [6.45, 7) is 0. The number of halogens is 3. The van der Waals surface area contributed by atoms with Gasteiger partial charge in [-0.2, -0.15) is 0 Å². The Labute approximate surface area is 68.6 Å². The van der Waals surface area contributed by atoms with Crippen molar-refractivity contribution in [2.24, 2.45) is 0 Å². The Morgan fingerprint density at radius 2 is 1.83 bits per heavy atom. The first-order chi connectivity index (χ1) is 5.57. The first-order valence-electron chi connectivity index (χ1n) is 3.05. The molecule has 0 aliphatic rings. The number of benzene rings is 1. The van der Waals surface area contributed by atoms with Crippen molar-refractivity contribution < 1.29 is 17.9 Å². The Morgan fingerprint density at radius 1 is 1.25 bits per heavy atom. The summed E-state index contributed by atoms with van der Waals surface area (Å²) in [7, 11) is 6.13. The lowest BCUT2D eigenvalue weighted by atomic mass is 9.94. The van der Waals surface area contributed by atoms with Gasteiger partial charge < -0.3 is 4.74 Å². The van der Waals surface area contributed by atoms with Crippen molar-refractivity contribution in [2.75, 3.05) is 7.11 Å². The van der Waals surface area contributed by atoms with Gasteiger partial charge in [0.2, 0.25) is 0 Å². The van der Waals surface area contributed by atoms with Crippen LogP contribution in [0.4, 0.5) is 13.2 Å². The number of hydrogen-bond donors (Lipinski definition) is 0. The van der Waals surface area contributed by atoms with Crippen LogP contribution >= 0.6 is 0 Å². The molecule has 1 nitrogen and oxygen atoms in total. The van der Waals surface area contributed by atoms with E-state index < -0.39 is 28.7 Å². The molecule has 0 N–H and O–H groups in total. The van der Waals surface area contributed by atoms with Crippen molar-refractivity contribution in [1.29, 1.82) is 0 Å². The van der Waals surface area contributed by atoms with Crippen molar-refractivity contribution in [1.82, 2.24) is 0 Å². The average Bonchev–Trinajstić information content (AvgIpc) is 2.01. The van der Waals surface area contributed by atoms with E-state index in [1.807, 2.05) is 0 Å². The summed E-state index contributed by atoms with van der Waals surface area (Å²) in [6.07, 6.45) is 0. The fourth-order valence-electron chi connectivity index (χ4n) is 0.805. The third-order valence-corrected chi connectivity index (χ3v) is 1.37. The van der Waals surface area contributed by atoms with Gasteiger partial charge in [0.25, 0.3) is 0 Å². The lowest BCUT2D eigenvalue weighted by Crippen LogP contribution is -2.16. The van der Waals surface area contributed by atoms with Crippen LogP contribution in [-0.2, 0) is 0 Å². The molecule has 0 amide bonds. The molecule has 0 fully saturated rings. The van der Waals surface area contributed by atoms with E-state index in [-0.39, 0.29) is 0 Å². The first kappa shape index (κ1) is 8.97. The maximum Gasteiger partial charge on any atom is 0.167 e. The van der Waals surface area contributed by atoms with Crippen molar-refractivity contribution in [2.45, 2.75) is 0 Å². The minimum absolute atomic E-state index is 0.379. The van der Waals surface area contributed by atoms with E-state index in [0.29, 0.717) is 6.07 Å². The SMILES string of the molecule is [B]c1c(F)c(F)cc(F)c1OC. The second kappa shape index (κ2) is 3.09. The van der Waals surface area contributed by atoms with Gasteiger partial charge in [0.1, 0.15) is 7.85 Å². The number of hydrogen-bond acceptors (Lipinski definition) is 1. The molecule has 0 aliphatic carbocycles. The third kappa shape index (κ3) is 1.26. The summed E-state index contributed by atoms with van der Waals surface area (Å²) in [6, 6.07) is 0.379. The molecular weight excluding hydrogens is 168 g/mol. The molecule has 0 bridgehead atoms. The van der Waals surface area contributed by atoms with Gasteiger partial charge in [-0.15, -0.1) is 0 Å². The van der Waals surface area contributed by atoms with E-state index in [1.165, 1.54) is 0 Å². The molecule has 0 saturated carbocycles. The topological polar surface area (TPSA) is 9.23 Å². The van der Waals surface area contributed by atoms with Crippen LogP contribution in [0.3, 0.4) is 0 Å². The smallest absolute Gasteiger partial charge is 0.167 e. The zero-order valence-corrected chi connectivity index (χ0v) is 6.20. The van der Waals surface area contributed by atoms with Crippen LogP contribution in [0.1, 0.15) is 0 Å². The molecule has 0 aliphatic heterocycles. The van der Waals surface area contributed by atoms with Gasteiger partial charge in [-0.1, -0.05) is 0 Å². The van der Waals surface area contributed by atoms with Crippen LogP contribution in [0.15, 0.2) is 6.07 Å². The summed E-state index contributed by atoms with van der Waals surface area (Å²) in [4.78, 5) is 0. The summed E-state index contributed by atoms with van der Waals surface area (Å²) in [5, 5.41) is 0. The molecule has 0 atom stereocenters. The highest BCUT2D eigenvalue weighted by atomic mass is 19.2. The van der Waals surface area contributed by atoms with Crippen molar-refractivity contribution in [3.63, 3.8) is 0 Å². The molecule has 62 valence electrons. The zero-order valence-electron chi connectivity index (χ0n) is 6.20. The predicted octanol–water partition coefficient (Wildman–Crippen LogP) is 0.906. The molecule has 12 heavy (non-hydrogen) atoms. The maximum atomic E-state index is 12.7. The van der Waals surface area contributed by atoms with Gasteiger partial charge in [-0.05, 0) is 5.46 Å². The Balaban J connectivity index is 3.40. The van der Waals surface area contributed by atoms with E-state index in [4.69, 9.17) is 7.85 Å². The van der Waals surface area contributed by atoms with Crippen molar-refractivity contribution in [3.05, 3.63) is 23.5 Å². The summed E-state index contributed by atoms with van der Waals surface area (Å²) in [5.74, 6) is -4.12. The zero-order chi connectivity index (χ0) is 9.30. The highest BCUT2D eigenvalue weighted by Crippen LogP contribution is 2.16. The van der Waals surface area contributed by atoms with Crippen LogP contribution in [-0.4, -0.2) is 15.0 Å². The Bertz CT molecular complexity index is 314. The van der Waals surface area contributed by atoms with E-state index >= 15 is 0 Å². The minimum atomic E-state index is -1.33. The molecule has 0 aromatic heterocycles. The Morgan fingerprint density at radius 3 is 2.33 bits per heavy atom. The Hall–Kier alpha value is -1.13. The molecule has 1 aromatic rings. The van der Waals surface area contributed by atoms with Crippen LogP contribution < -0.4 is 10.2 Å². The van der Waals surface area contributed by atoms with Gasteiger partial charge in [0.15, 0.2) is 23.2 Å². The second-order valence-corrected chi connectivity index (χ2v) is 2.10. The number of methoxy groups -OCH3 is 1. The fraction of sp³-hybridized carbons (Fsp3) is 0.143. The van der Waals surface area contributed by atoms with Crippen LogP contribution in [0.2, 0.25) is 0 Å². The van der Waals surface area contributed by atoms with E-state index in [2.05, 4.69) is 4.74 Å². The molecule has 1 rings (SSSR count). The molecule has 0 unspecified atom stereocenters. The molecule has 1 aromatic carbocycles. The monoisotopic (exact) mass is 172 g/mol. The van der Waals surface area contributed by atoms with Gasteiger partial charge >= 0.3 is 0 Å². The van der Waals surface area contributed by atoms with Crippen molar-refractivity contribution in [3.8, 4) is 5.75 Å². The van der Waals surface area contributed by atoms with E-state index in [1.54, 1.807) is 0 Å². The van der Waals surface area contributed by atoms with E-state index in [9.17, 15) is 13.2 Å². The predicted molar refractivity (Wildman–Crippen MR) is 38.3 cm³/mol. The minimum Gasteiger partial charge on any atom is -0.494 e. The van der Waals surface area contributed by atoms with Gasteiger partial charge in [-0.3, -0.25) is 0 Å². The molecule has 0 heterocycles. The molecule has 2 radical (unpaired) electrons. The molecule has 0 spiro atoms. The van der Waals surface area contributed by atoms with Gasteiger partial charge in [0, 0.05) is 6.07 Å². The largest absolute Gasteiger partial charge is 0.494 e. The summed E-state index contributed by atoms with van der Waals surface area (Å²) >= 11 is 0. The van der Waals surface area contributed by atoms with E-state index in [0.717, 1.165) is 7.11 Å². The van der Waals surface area contributed by atoms with Crippen LogP contribution in [0, 0.1) is 17.5 Å². The van der Waals surface area contributed by atoms with Gasteiger partial charge in [0.05, 0.1) is 7.11 Å². The lowest BCUT2D eigenvalue weighted by molar-refractivity contribution is 0.381. The lowest BCUT2D eigenvalue weighted by Gasteiger charge is -2.07. The molecular formula is C7H4BF3O. The number of rotatable bonds is 1. The highest BCUT2D eigenvalue weighted by Gasteiger charge is 2.14. The van der Waals surface area contributed by atoms with Crippen LogP contribution in [0.25, 0.3) is 0 Å². The third-order valence-electron chi connectivity index (χ3n) is 1.37. The standard InChI is InChI=1S/C7H4BF3O/c1-12-7-4(10)2-3(9)6(11)5(7)8/h2H,1H3. The molecule has 5 heteroatoms. The van der Waals surface area contributed by atoms with Crippen LogP contribution in [0.5, 0.6) is 5.75 Å². The van der Waals surface area contributed by atoms with Crippen molar-refractivity contribution >= 4 is 13.3 Å². The second-order valence-electron chi connectivity index (χ2n) is 2.10. The Kier molecular flexibility index (Phi) is 2.31. The van der Waals surface area contributed by atoms with Gasteiger partial charge in [-0.25, -0.2) is 13.2 Å².